The fourth-order valence-corrected chi connectivity index (χ4v) is 1.64. The van der Waals surface area contributed by atoms with Crippen molar-refractivity contribution in [2.45, 2.75) is 32.9 Å². The SMILES string of the molecule is CCCNC(=O)CCNCc1ccccc1OC(F)F. The van der Waals surface area contributed by atoms with Crippen LogP contribution in [0, 0.1) is 0 Å². The normalized spacial score (nSPS) is 10.6. The highest BCUT2D eigenvalue weighted by molar-refractivity contribution is 5.75. The number of amides is 1. The molecule has 0 radical (unpaired) electrons. The van der Waals surface area contributed by atoms with E-state index in [1.807, 2.05) is 6.92 Å². The Hall–Kier alpha value is -1.69. The van der Waals surface area contributed by atoms with E-state index in [9.17, 15) is 13.6 Å². The summed E-state index contributed by atoms with van der Waals surface area (Å²) in [5.74, 6) is 0.141. The van der Waals surface area contributed by atoms with Crippen LogP contribution in [-0.2, 0) is 11.3 Å². The third-order valence-electron chi connectivity index (χ3n) is 2.61. The van der Waals surface area contributed by atoms with Gasteiger partial charge in [0, 0.05) is 31.6 Å². The molecule has 1 aromatic carbocycles. The first-order chi connectivity index (χ1) is 9.63. The molecular weight excluding hydrogens is 266 g/mol. The molecule has 0 saturated heterocycles. The Morgan fingerprint density at radius 1 is 1.30 bits per heavy atom. The number of hydrogen-bond acceptors (Lipinski definition) is 3. The van der Waals surface area contributed by atoms with Crippen molar-refractivity contribution in [1.29, 1.82) is 0 Å². The van der Waals surface area contributed by atoms with Crippen LogP contribution < -0.4 is 15.4 Å². The van der Waals surface area contributed by atoms with Crippen molar-refractivity contribution in [3.8, 4) is 5.75 Å². The van der Waals surface area contributed by atoms with Gasteiger partial charge in [0.2, 0.25) is 5.91 Å². The predicted molar refractivity (Wildman–Crippen MR) is 72.7 cm³/mol. The Kier molecular flexibility index (Phi) is 7.57. The summed E-state index contributed by atoms with van der Waals surface area (Å²) in [6, 6.07) is 6.60. The Labute approximate surface area is 117 Å². The van der Waals surface area contributed by atoms with Gasteiger partial charge in [0.05, 0.1) is 0 Å². The maximum atomic E-state index is 12.2. The van der Waals surface area contributed by atoms with Crippen LogP contribution in [0.1, 0.15) is 25.3 Å². The van der Waals surface area contributed by atoms with Crippen molar-refractivity contribution < 1.29 is 18.3 Å². The number of carbonyl (C=O) groups excluding carboxylic acids is 1. The first kappa shape index (κ1) is 16.4. The highest BCUT2D eigenvalue weighted by atomic mass is 19.3. The number of nitrogens with one attached hydrogen (secondary N) is 2. The Morgan fingerprint density at radius 3 is 2.75 bits per heavy atom. The first-order valence-electron chi connectivity index (χ1n) is 6.63. The van der Waals surface area contributed by atoms with Gasteiger partial charge in [0.25, 0.3) is 0 Å². The van der Waals surface area contributed by atoms with Gasteiger partial charge in [-0.25, -0.2) is 0 Å². The number of alkyl halides is 2. The van der Waals surface area contributed by atoms with Gasteiger partial charge in [0.1, 0.15) is 5.75 Å². The van der Waals surface area contributed by atoms with Gasteiger partial charge in [-0.3, -0.25) is 4.79 Å². The van der Waals surface area contributed by atoms with Gasteiger partial charge in [0.15, 0.2) is 0 Å². The minimum absolute atomic E-state index is 0.0172. The molecule has 0 aliphatic rings. The van der Waals surface area contributed by atoms with E-state index >= 15 is 0 Å². The molecule has 4 nitrogen and oxygen atoms in total. The number of halogens is 2. The molecule has 0 atom stereocenters. The molecule has 0 fully saturated rings. The summed E-state index contributed by atoms with van der Waals surface area (Å²) in [7, 11) is 0. The molecule has 0 unspecified atom stereocenters. The third kappa shape index (κ3) is 6.47. The van der Waals surface area contributed by atoms with Gasteiger partial charge in [-0.15, -0.1) is 0 Å². The lowest BCUT2D eigenvalue weighted by Gasteiger charge is -2.11. The Balaban J connectivity index is 2.33. The van der Waals surface area contributed by atoms with Crippen molar-refractivity contribution in [3.63, 3.8) is 0 Å². The highest BCUT2D eigenvalue weighted by Crippen LogP contribution is 2.19. The summed E-state index contributed by atoms with van der Waals surface area (Å²) in [4.78, 5) is 11.4. The van der Waals surface area contributed by atoms with Gasteiger partial charge >= 0.3 is 6.61 Å². The number of ether oxygens (including phenoxy) is 1. The van der Waals surface area contributed by atoms with Crippen molar-refractivity contribution in [1.82, 2.24) is 10.6 Å². The van der Waals surface area contributed by atoms with E-state index in [1.54, 1.807) is 18.2 Å². The Bertz CT molecular complexity index is 414. The van der Waals surface area contributed by atoms with Crippen LogP contribution in [0.4, 0.5) is 8.78 Å². The standard InChI is InChI=1S/C14H20F2N2O2/c1-2-8-18-13(19)7-9-17-10-11-5-3-4-6-12(11)20-14(15)16/h3-6,14,17H,2,7-10H2,1H3,(H,18,19). The fourth-order valence-electron chi connectivity index (χ4n) is 1.64. The largest absolute Gasteiger partial charge is 0.434 e. The van der Waals surface area contributed by atoms with Gasteiger partial charge in [-0.2, -0.15) is 8.78 Å². The van der Waals surface area contributed by atoms with E-state index in [2.05, 4.69) is 15.4 Å². The average Bonchev–Trinajstić information content (AvgIpc) is 2.42. The molecule has 2 N–H and O–H groups in total. The molecule has 0 heterocycles. The van der Waals surface area contributed by atoms with E-state index < -0.39 is 6.61 Å². The predicted octanol–water partition coefficient (Wildman–Crippen LogP) is 2.29. The van der Waals surface area contributed by atoms with Gasteiger partial charge in [-0.05, 0) is 12.5 Å². The molecule has 0 aromatic heterocycles. The molecule has 0 spiro atoms. The second-order valence-electron chi connectivity index (χ2n) is 4.26. The summed E-state index contributed by atoms with van der Waals surface area (Å²) in [5, 5.41) is 5.80. The molecule has 20 heavy (non-hydrogen) atoms. The number of hydrogen-bond donors (Lipinski definition) is 2. The summed E-state index contributed by atoms with van der Waals surface area (Å²) >= 11 is 0. The lowest BCUT2D eigenvalue weighted by Crippen LogP contribution is -2.28. The van der Waals surface area contributed by atoms with Crippen LogP contribution in [0.5, 0.6) is 5.75 Å². The summed E-state index contributed by atoms with van der Waals surface area (Å²) < 4.78 is 28.9. The van der Waals surface area contributed by atoms with Crippen LogP contribution in [0.3, 0.4) is 0 Å². The summed E-state index contributed by atoms with van der Waals surface area (Å²) in [6.45, 7) is 0.682. The first-order valence-corrected chi connectivity index (χ1v) is 6.63. The van der Waals surface area contributed by atoms with Crippen molar-refractivity contribution >= 4 is 5.91 Å². The molecule has 1 rings (SSSR count). The zero-order valence-corrected chi connectivity index (χ0v) is 11.5. The zero-order valence-electron chi connectivity index (χ0n) is 11.5. The smallest absolute Gasteiger partial charge is 0.387 e. The average molecular weight is 286 g/mol. The van der Waals surface area contributed by atoms with Crippen LogP contribution >= 0.6 is 0 Å². The minimum atomic E-state index is -2.84. The quantitative estimate of drug-likeness (QED) is 0.685. The van der Waals surface area contributed by atoms with Crippen molar-refractivity contribution in [3.05, 3.63) is 29.8 Å². The van der Waals surface area contributed by atoms with Crippen molar-refractivity contribution in [2.24, 2.45) is 0 Å². The number of para-hydroxylation sites is 1. The third-order valence-corrected chi connectivity index (χ3v) is 2.61. The summed E-state index contributed by atoms with van der Waals surface area (Å²) in [5.41, 5.74) is 0.641. The van der Waals surface area contributed by atoms with Crippen molar-refractivity contribution in [2.75, 3.05) is 13.1 Å². The molecule has 0 saturated carbocycles. The molecule has 112 valence electrons. The lowest BCUT2D eigenvalue weighted by molar-refractivity contribution is -0.120. The van der Waals surface area contributed by atoms with Crippen LogP contribution in [0.2, 0.25) is 0 Å². The molecule has 6 heteroatoms. The highest BCUT2D eigenvalue weighted by Gasteiger charge is 2.08. The molecule has 0 aliphatic carbocycles. The molecule has 1 aromatic rings. The number of benzene rings is 1. The fraction of sp³-hybridized carbons (Fsp3) is 0.500. The van der Waals surface area contributed by atoms with Crippen LogP contribution in [0.25, 0.3) is 0 Å². The molecular formula is C14H20F2N2O2. The monoisotopic (exact) mass is 286 g/mol. The topological polar surface area (TPSA) is 50.4 Å². The maximum Gasteiger partial charge on any atom is 0.387 e. The zero-order chi connectivity index (χ0) is 14.8. The van der Waals surface area contributed by atoms with Crippen LogP contribution in [-0.4, -0.2) is 25.6 Å². The molecule has 0 bridgehead atoms. The second-order valence-corrected chi connectivity index (χ2v) is 4.26. The van der Waals surface area contributed by atoms with Gasteiger partial charge in [-0.1, -0.05) is 25.1 Å². The van der Waals surface area contributed by atoms with E-state index in [1.165, 1.54) is 6.07 Å². The van der Waals surface area contributed by atoms with E-state index in [0.29, 0.717) is 31.6 Å². The van der Waals surface area contributed by atoms with E-state index in [4.69, 9.17) is 0 Å². The molecule has 1 amide bonds. The van der Waals surface area contributed by atoms with Gasteiger partial charge < -0.3 is 15.4 Å². The number of carbonyl (C=O) groups is 1. The maximum absolute atomic E-state index is 12.2. The molecule has 0 aliphatic heterocycles. The van der Waals surface area contributed by atoms with E-state index in [-0.39, 0.29) is 11.7 Å². The minimum Gasteiger partial charge on any atom is -0.434 e. The lowest BCUT2D eigenvalue weighted by atomic mass is 10.2. The Morgan fingerprint density at radius 2 is 2.05 bits per heavy atom. The second kappa shape index (κ2) is 9.25. The number of rotatable bonds is 9. The van der Waals surface area contributed by atoms with Crippen LogP contribution in [0.15, 0.2) is 24.3 Å². The summed E-state index contributed by atoms with van der Waals surface area (Å²) in [6.07, 6.45) is 1.26. The van der Waals surface area contributed by atoms with E-state index in [0.717, 1.165) is 6.42 Å².